The molecule has 0 saturated heterocycles. The van der Waals surface area contributed by atoms with E-state index in [4.69, 9.17) is 0 Å². The molecule has 6 nitrogen and oxygen atoms in total. The lowest BCUT2D eigenvalue weighted by Gasteiger charge is -2.34. The highest BCUT2D eigenvalue weighted by Crippen LogP contribution is 2.13. The monoisotopic (exact) mass is 618 g/mol. The first-order valence-corrected chi connectivity index (χ1v) is 17.9. The zero-order chi connectivity index (χ0) is 30.3. The number of hydrogen-bond donors (Lipinski definition) is 3. The van der Waals surface area contributed by atoms with Crippen LogP contribution in [0.2, 0.25) is 0 Å². The van der Waals surface area contributed by atoms with Crippen molar-refractivity contribution >= 4 is 11.8 Å². The lowest BCUT2D eigenvalue weighted by molar-refractivity contribution is -0.907. The van der Waals surface area contributed by atoms with Crippen LogP contribution in [0.4, 0.5) is 0 Å². The molecule has 0 aliphatic carbocycles. The number of rotatable bonds is 32. The van der Waals surface area contributed by atoms with E-state index in [0.29, 0.717) is 37.0 Å². The highest BCUT2D eigenvalue weighted by atomic mass is 35.5. The number of carbonyl (C=O) groups excluding carboxylic acids is 2. The maximum Gasteiger partial charge on any atom is 0.220 e. The van der Waals surface area contributed by atoms with Crippen molar-refractivity contribution < 1.29 is 31.6 Å². The maximum absolute atomic E-state index is 12.3. The molecule has 0 aromatic rings. The Kier molecular flexibility index (Phi) is 34.1. The first-order valence-electron chi connectivity index (χ1n) is 17.9. The Hall–Kier alpha value is -0.850. The smallest absolute Gasteiger partial charge is 0.220 e. The second-order valence-corrected chi connectivity index (χ2v) is 12.8. The van der Waals surface area contributed by atoms with Crippen molar-refractivity contribution in [3.63, 3.8) is 0 Å². The van der Waals surface area contributed by atoms with Crippen LogP contribution in [0.5, 0.6) is 0 Å². The standard InChI is InChI=1S/C35H71N3O3.ClH/c1-4-6-8-10-12-14-16-18-20-22-24-26-34(40)36-28-30-38(3,32-33-39)31-29-37-35(41)27-25-23-21-19-17-15-13-11-9-7-5-2;/h39H,4-33H2,1-3H3,(H-,36,37,40,41);1H. The molecule has 0 spiro atoms. The Bertz CT molecular complexity index is 548. The Morgan fingerprint density at radius 3 is 1.07 bits per heavy atom. The molecule has 0 heterocycles. The summed E-state index contributed by atoms with van der Waals surface area (Å²) in [6.07, 6.45) is 29.6. The van der Waals surface area contributed by atoms with Gasteiger partial charge in [0.05, 0.1) is 39.8 Å². The summed E-state index contributed by atoms with van der Waals surface area (Å²) in [5.74, 6) is 0.272. The Balaban J connectivity index is 0. The number of aliphatic hydroxyl groups is 1. The van der Waals surface area contributed by atoms with Gasteiger partial charge in [-0.3, -0.25) is 9.59 Å². The minimum Gasteiger partial charge on any atom is -1.00 e. The maximum atomic E-state index is 12.3. The van der Waals surface area contributed by atoms with Gasteiger partial charge in [-0.25, -0.2) is 0 Å². The number of likely N-dealkylation sites (N-methyl/N-ethyl adjacent to an activating group) is 1. The number of nitrogens with zero attached hydrogens (tertiary/aromatic N) is 1. The van der Waals surface area contributed by atoms with Crippen LogP contribution < -0.4 is 23.0 Å². The number of quaternary nitrogens is 1. The first-order chi connectivity index (χ1) is 20.0. The van der Waals surface area contributed by atoms with Gasteiger partial charge in [0.1, 0.15) is 6.54 Å². The number of nitrogens with one attached hydrogen (secondary N) is 2. The Morgan fingerprint density at radius 2 is 0.786 bits per heavy atom. The van der Waals surface area contributed by atoms with E-state index >= 15 is 0 Å². The molecule has 0 unspecified atom stereocenters. The summed E-state index contributed by atoms with van der Waals surface area (Å²) < 4.78 is 0.647. The summed E-state index contributed by atoms with van der Waals surface area (Å²) in [7, 11) is 2.10. The quantitative estimate of drug-likeness (QED) is 0.0729. The van der Waals surface area contributed by atoms with E-state index < -0.39 is 0 Å². The van der Waals surface area contributed by atoms with Gasteiger partial charge in [0, 0.05) is 12.8 Å². The van der Waals surface area contributed by atoms with E-state index in [0.717, 1.165) is 38.8 Å². The van der Waals surface area contributed by atoms with Gasteiger partial charge in [-0.1, -0.05) is 142 Å². The third kappa shape index (κ3) is 30.6. The second kappa shape index (κ2) is 33.1. The zero-order valence-corrected chi connectivity index (χ0v) is 29.1. The number of halogens is 1. The molecule has 2 amide bonds. The van der Waals surface area contributed by atoms with Gasteiger partial charge in [-0.05, 0) is 12.8 Å². The number of amides is 2. The Labute approximate surface area is 267 Å². The average molecular weight is 618 g/mol. The van der Waals surface area contributed by atoms with E-state index in [1.165, 1.54) is 116 Å². The van der Waals surface area contributed by atoms with Crippen molar-refractivity contribution in [2.75, 3.05) is 46.4 Å². The molecule has 0 saturated carbocycles. The zero-order valence-electron chi connectivity index (χ0n) is 28.3. The summed E-state index contributed by atoms with van der Waals surface area (Å²) in [4.78, 5) is 24.5. The van der Waals surface area contributed by atoms with Crippen LogP contribution in [0.3, 0.4) is 0 Å². The lowest BCUT2D eigenvalue weighted by atomic mass is 10.1. The van der Waals surface area contributed by atoms with Crippen LogP contribution in [0.1, 0.15) is 168 Å². The molecule has 0 radical (unpaired) electrons. The molecule has 0 aromatic carbocycles. The van der Waals surface area contributed by atoms with Crippen LogP contribution in [-0.2, 0) is 9.59 Å². The molecule has 42 heavy (non-hydrogen) atoms. The predicted octanol–water partition coefficient (Wildman–Crippen LogP) is 5.06. The van der Waals surface area contributed by atoms with Gasteiger partial charge < -0.3 is 32.6 Å². The van der Waals surface area contributed by atoms with Crippen molar-refractivity contribution in [2.24, 2.45) is 0 Å². The number of hydrogen-bond acceptors (Lipinski definition) is 3. The molecule has 0 aliphatic rings. The molecule has 7 heteroatoms. The number of aliphatic hydroxyl groups excluding tert-OH is 1. The van der Waals surface area contributed by atoms with Crippen molar-refractivity contribution in [3.05, 3.63) is 0 Å². The molecule has 0 aromatic heterocycles. The van der Waals surface area contributed by atoms with Crippen molar-refractivity contribution in [3.8, 4) is 0 Å². The number of carbonyl (C=O) groups is 2. The van der Waals surface area contributed by atoms with Crippen LogP contribution in [0, 0.1) is 0 Å². The van der Waals surface area contributed by atoms with Gasteiger partial charge in [0.25, 0.3) is 0 Å². The van der Waals surface area contributed by atoms with Gasteiger partial charge in [0.15, 0.2) is 0 Å². The van der Waals surface area contributed by atoms with Crippen LogP contribution >= 0.6 is 0 Å². The summed E-state index contributed by atoms with van der Waals surface area (Å²) in [5.41, 5.74) is 0. The van der Waals surface area contributed by atoms with Crippen LogP contribution in [0.15, 0.2) is 0 Å². The van der Waals surface area contributed by atoms with E-state index in [2.05, 4.69) is 31.5 Å². The molecular formula is C35H72ClN3O3. The Morgan fingerprint density at radius 1 is 0.500 bits per heavy atom. The molecule has 0 atom stereocenters. The highest BCUT2D eigenvalue weighted by Gasteiger charge is 2.21. The normalized spacial score (nSPS) is 11.3. The number of unbranched alkanes of at least 4 members (excludes halogenated alkanes) is 20. The second-order valence-electron chi connectivity index (χ2n) is 12.8. The summed E-state index contributed by atoms with van der Waals surface area (Å²) in [6, 6.07) is 0. The summed E-state index contributed by atoms with van der Waals surface area (Å²) >= 11 is 0. The lowest BCUT2D eigenvalue weighted by Crippen LogP contribution is -3.00. The van der Waals surface area contributed by atoms with Crippen LogP contribution in [0.25, 0.3) is 0 Å². The van der Waals surface area contributed by atoms with E-state index in [1.807, 2.05) is 0 Å². The van der Waals surface area contributed by atoms with E-state index in [-0.39, 0.29) is 30.8 Å². The van der Waals surface area contributed by atoms with Crippen molar-refractivity contribution in [2.45, 2.75) is 168 Å². The van der Waals surface area contributed by atoms with E-state index in [1.54, 1.807) is 0 Å². The van der Waals surface area contributed by atoms with Gasteiger partial charge >= 0.3 is 0 Å². The van der Waals surface area contributed by atoms with Crippen molar-refractivity contribution in [1.29, 1.82) is 0 Å². The summed E-state index contributed by atoms with van der Waals surface area (Å²) in [5, 5.41) is 15.7. The average Bonchev–Trinajstić information content (AvgIpc) is 2.94. The van der Waals surface area contributed by atoms with Crippen LogP contribution in [-0.4, -0.2) is 67.8 Å². The van der Waals surface area contributed by atoms with Gasteiger partial charge in [-0.15, -0.1) is 0 Å². The molecule has 0 fully saturated rings. The third-order valence-corrected chi connectivity index (χ3v) is 8.60. The van der Waals surface area contributed by atoms with Crippen molar-refractivity contribution in [1.82, 2.24) is 10.6 Å². The fourth-order valence-electron chi connectivity index (χ4n) is 5.58. The summed E-state index contributed by atoms with van der Waals surface area (Å²) in [6.45, 7) is 8.01. The minimum atomic E-state index is 0. The third-order valence-electron chi connectivity index (χ3n) is 8.60. The molecule has 0 aliphatic heterocycles. The van der Waals surface area contributed by atoms with E-state index in [9.17, 15) is 14.7 Å². The highest BCUT2D eigenvalue weighted by molar-refractivity contribution is 5.76. The predicted molar refractivity (Wildman–Crippen MR) is 176 cm³/mol. The fourth-order valence-corrected chi connectivity index (χ4v) is 5.58. The first kappa shape index (κ1) is 43.3. The van der Waals surface area contributed by atoms with Gasteiger partial charge in [0.2, 0.25) is 11.8 Å². The molecule has 0 bridgehead atoms. The SMILES string of the molecule is CCCCCCCCCCCCCC(=O)NCC[N+](C)(CCO)CCNC(=O)CCCCCCCCCCCCC.[Cl-]. The topological polar surface area (TPSA) is 78.4 Å². The minimum absolute atomic E-state index is 0. The van der Waals surface area contributed by atoms with Gasteiger partial charge in [-0.2, -0.15) is 0 Å². The molecular weight excluding hydrogens is 546 g/mol. The molecule has 0 rings (SSSR count). The molecule has 3 N–H and O–H groups in total. The molecule has 252 valence electrons. The fraction of sp³-hybridized carbons (Fsp3) is 0.943. The largest absolute Gasteiger partial charge is 1.00 e.